The number of ether oxygens (including phenoxy) is 1. The zero-order valence-corrected chi connectivity index (χ0v) is 15.7. The first kappa shape index (κ1) is 16.4. The van der Waals surface area contributed by atoms with Crippen LogP contribution < -0.4 is 4.90 Å². The number of ketones is 1. The molecule has 6 heteroatoms. The first-order valence-corrected chi connectivity index (χ1v) is 9.93. The van der Waals surface area contributed by atoms with Gasteiger partial charge in [-0.3, -0.25) is 14.5 Å². The van der Waals surface area contributed by atoms with Crippen LogP contribution in [0.4, 0.5) is 5.69 Å². The molecule has 3 fully saturated rings. The smallest absolute Gasteiger partial charge is 0.254 e. The van der Waals surface area contributed by atoms with E-state index in [0.717, 1.165) is 18.7 Å². The lowest BCUT2D eigenvalue weighted by molar-refractivity contribution is -0.131. The van der Waals surface area contributed by atoms with E-state index in [1.807, 2.05) is 6.07 Å². The molecule has 0 aromatic heterocycles. The van der Waals surface area contributed by atoms with Gasteiger partial charge in [0.05, 0.1) is 17.1 Å². The molecule has 1 N–H and O–H groups in total. The Bertz CT molecular complexity index is 996. The topological polar surface area (TPSA) is 70.1 Å². The van der Waals surface area contributed by atoms with Crippen molar-refractivity contribution in [2.75, 3.05) is 31.6 Å². The summed E-state index contributed by atoms with van der Waals surface area (Å²) < 4.78 is 6.03. The summed E-state index contributed by atoms with van der Waals surface area (Å²) in [5.41, 5.74) is 1.75. The van der Waals surface area contributed by atoms with Crippen LogP contribution >= 0.6 is 0 Å². The molecule has 5 aliphatic heterocycles. The number of likely N-dealkylation sites (N-methyl/N-ethyl adjacent to an activating group) is 1. The third kappa shape index (κ3) is 1.77. The number of nitrogens with zero attached hydrogens (tertiary/aromatic N) is 2. The highest BCUT2D eigenvalue weighted by Gasteiger charge is 2.67. The van der Waals surface area contributed by atoms with E-state index in [9.17, 15) is 14.7 Å². The highest BCUT2D eigenvalue weighted by molar-refractivity contribution is 6.11. The number of Topliss-reactive ketones (excluding diaryl/α,β-unsaturated/α-hetero) is 1. The summed E-state index contributed by atoms with van der Waals surface area (Å²) in [6, 6.07) is 4.98. The molecule has 4 unspecified atom stereocenters. The van der Waals surface area contributed by atoms with Crippen LogP contribution in [0.5, 0.6) is 5.75 Å². The Labute approximate surface area is 163 Å². The molecule has 1 aliphatic carbocycles. The number of amides is 1. The van der Waals surface area contributed by atoms with Crippen molar-refractivity contribution in [3.05, 3.63) is 47.2 Å². The second kappa shape index (κ2) is 5.26. The molecule has 2 saturated heterocycles. The zero-order valence-electron chi connectivity index (χ0n) is 15.7. The number of rotatable bonds is 0. The molecule has 0 radical (unpaired) electrons. The second-order valence-corrected chi connectivity index (χ2v) is 8.68. The predicted molar refractivity (Wildman–Crippen MR) is 102 cm³/mol. The van der Waals surface area contributed by atoms with E-state index in [1.165, 1.54) is 5.57 Å². The Hall–Kier alpha value is -2.60. The molecule has 4 atom stereocenters. The molecule has 6 nitrogen and oxygen atoms in total. The average Bonchev–Trinajstić information content (AvgIpc) is 2.92. The Morgan fingerprint density at radius 3 is 3.00 bits per heavy atom. The van der Waals surface area contributed by atoms with Gasteiger partial charge in [-0.15, -0.1) is 0 Å². The lowest BCUT2D eigenvalue weighted by Gasteiger charge is -2.50. The molecule has 1 aromatic rings. The van der Waals surface area contributed by atoms with Crippen molar-refractivity contribution in [3.8, 4) is 5.75 Å². The van der Waals surface area contributed by atoms with Crippen molar-refractivity contribution in [1.82, 2.24) is 4.90 Å². The minimum Gasteiger partial charge on any atom is -0.506 e. The number of phenolic OH excluding ortho intramolecular Hbond substituents is 1. The van der Waals surface area contributed by atoms with Crippen molar-refractivity contribution >= 4 is 17.4 Å². The molecule has 28 heavy (non-hydrogen) atoms. The lowest BCUT2D eigenvalue weighted by atomic mass is 9.56. The molecule has 7 rings (SSSR count). The summed E-state index contributed by atoms with van der Waals surface area (Å²) in [5, 5.41) is 10.7. The zero-order chi connectivity index (χ0) is 19.2. The van der Waals surface area contributed by atoms with E-state index in [2.05, 4.69) is 18.0 Å². The number of hydrogen-bond donors (Lipinski definition) is 1. The summed E-state index contributed by atoms with van der Waals surface area (Å²) in [6.07, 6.45) is 4.77. The van der Waals surface area contributed by atoms with E-state index in [4.69, 9.17) is 4.74 Å². The number of anilines is 1. The fourth-order valence-electron chi connectivity index (χ4n) is 6.32. The monoisotopic (exact) mass is 378 g/mol. The van der Waals surface area contributed by atoms with E-state index in [-0.39, 0.29) is 35.3 Å². The van der Waals surface area contributed by atoms with Crippen molar-refractivity contribution in [2.24, 2.45) is 11.8 Å². The van der Waals surface area contributed by atoms with Crippen LogP contribution in [-0.4, -0.2) is 54.5 Å². The average molecular weight is 378 g/mol. The van der Waals surface area contributed by atoms with Crippen LogP contribution in [-0.2, 0) is 19.7 Å². The molecule has 1 spiro atoms. The fourth-order valence-corrected chi connectivity index (χ4v) is 6.32. The fraction of sp³-hybridized carbons (Fsp3) is 0.455. The van der Waals surface area contributed by atoms with Crippen molar-refractivity contribution < 1.29 is 19.4 Å². The molecular weight excluding hydrogens is 356 g/mol. The maximum absolute atomic E-state index is 13.8. The van der Waals surface area contributed by atoms with Crippen LogP contribution in [0.15, 0.2) is 41.7 Å². The number of fused-ring (bicyclic) bond motifs is 6. The third-order valence-electron chi connectivity index (χ3n) is 7.44. The van der Waals surface area contributed by atoms with Crippen LogP contribution in [0.1, 0.15) is 18.4 Å². The van der Waals surface area contributed by atoms with Gasteiger partial charge in [-0.2, -0.15) is 0 Å². The lowest BCUT2D eigenvalue weighted by Crippen LogP contribution is -2.62. The molecule has 5 heterocycles. The van der Waals surface area contributed by atoms with Crippen LogP contribution in [0.25, 0.3) is 0 Å². The van der Waals surface area contributed by atoms with Gasteiger partial charge >= 0.3 is 0 Å². The Kier molecular flexibility index (Phi) is 3.07. The summed E-state index contributed by atoms with van der Waals surface area (Å²) in [7, 11) is 2.08. The first-order valence-electron chi connectivity index (χ1n) is 9.93. The SMILES string of the molecule is CN1CCC23C(=O)CC4C(=CCOC5=CC(=O)N(c6c(O)cccc62)C3C54)C1. The Balaban J connectivity index is 1.70. The highest BCUT2D eigenvalue weighted by atomic mass is 16.5. The van der Waals surface area contributed by atoms with Gasteiger partial charge in [-0.25, -0.2) is 0 Å². The molecule has 6 aliphatic rings. The molecule has 1 saturated carbocycles. The molecule has 1 amide bonds. The van der Waals surface area contributed by atoms with Crippen molar-refractivity contribution in [2.45, 2.75) is 24.3 Å². The molecule has 4 bridgehead atoms. The van der Waals surface area contributed by atoms with E-state index in [0.29, 0.717) is 30.9 Å². The van der Waals surface area contributed by atoms with Gasteiger partial charge in [-0.05, 0) is 43.6 Å². The second-order valence-electron chi connectivity index (χ2n) is 8.68. The minimum atomic E-state index is -0.790. The maximum atomic E-state index is 13.8. The van der Waals surface area contributed by atoms with Crippen LogP contribution in [0.2, 0.25) is 0 Å². The van der Waals surface area contributed by atoms with E-state index < -0.39 is 5.41 Å². The summed E-state index contributed by atoms with van der Waals surface area (Å²) in [6.45, 7) is 2.01. The van der Waals surface area contributed by atoms with Gasteiger partial charge in [0.2, 0.25) is 0 Å². The number of carbonyl (C=O) groups is 2. The molecule has 1 aromatic carbocycles. The van der Waals surface area contributed by atoms with Crippen LogP contribution in [0.3, 0.4) is 0 Å². The van der Waals surface area contributed by atoms with Gasteiger partial charge in [0.1, 0.15) is 23.9 Å². The first-order chi connectivity index (χ1) is 13.5. The number of para-hydroxylation sites is 1. The van der Waals surface area contributed by atoms with Gasteiger partial charge in [0.25, 0.3) is 5.91 Å². The third-order valence-corrected chi connectivity index (χ3v) is 7.44. The highest BCUT2D eigenvalue weighted by Crippen LogP contribution is 2.61. The summed E-state index contributed by atoms with van der Waals surface area (Å²) in [5.74, 6) is 0.734. The Morgan fingerprint density at radius 2 is 2.14 bits per heavy atom. The van der Waals surface area contributed by atoms with Gasteiger partial charge < -0.3 is 14.7 Å². The van der Waals surface area contributed by atoms with Crippen LogP contribution in [0, 0.1) is 11.8 Å². The minimum absolute atomic E-state index is 0.0342. The predicted octanol–water partition coefficient (Wildman–Crippen LogP) is 1.74. The van der Waals surface area contributed by atoms with E-state index >= 15 is 0 Å². The normalized spacial score (nSPS) is 35.9. The number of carbonyl (C=O) groups excluding carboxylic acids is 2. The van der Waals surface area contributed by atoms with Crippen molar-refractivity contribution in [3.63, 3.8) is 0 Å². The number of hydrogen-bond acceptors (Lipinski definition) is 5. The quantitative estimate of drug-likeness (QED) is 0.697. The van der Waals surface area contributed by atoms with E-state index in [1.54, 1.807) is 23.1 Å². The number of phenols is 1. The molecular formula is C22H22N2O4. The van der Waals surface area contributed by atoms with Gasteiger partial charge in [0, 0.05) is 25.0 Å². The van der Waals surface area contributed by atoms with Gasteiger partial charge in [-0.1, -0.05) is 17.7 Å². The molecule has 144 valence electrons. The summed E-state index contributed by atoms with van der Waals surface area (Å²) in [4.78, 5) is 30.9. The largest absolute Gasteiger partial charge is 0.506 e. The van der Waals surface area contributed by atoms with Gasteiger partial charge in [0.15, 0.2) is 0 Å². The number of aromatic hydroxyl groups is 1. The summed E-state index contributed by atoms with van der Waals surface area (Å²) >= 11 is 0. The Morgan fingerprint density at radius 1 is 1.29 bits per heavy atom. The standard InChI is InChI=1S/C22H22N2O4/c1-23-7-6-22-14-3-2-4-15(25)20(14)24-18(27)10-16-19(21(22)24)13(9-17(22)26)12(11-23)5-8-28-16/h2-5,10,13,19,21,25H,6-9,11H2,1H3. The van der Waals surface area contributed by atoms with Crippen molar-refractivity contribution in [1.29, 1.82) is 0 Å². The maximum Gasteiger partial charge on any atom is 0.254 e. The number of benzene rings is 1.